The van der Waals surface area contributed by atoms with Crippen LogP contribution in [0.15, 0.2) is 30.3 Å². The zero-order valence-corrected chi connectivity index (χ0v) is 19.4. The number of hydrogen-bond donors (Lipinski definition) is 1. The number of nitrogens with zero attached hydrogens (tertiary/aromatic N) is 1. The van der Waals surface area contributed by atoms with Crippen LogP contribution in [0, 0.1) is 0 Å². The molecule has 31 heavy (non-hydrogen) atoms. The number of benzene rings is 1. The topological polar surface area (TPSA) is 83.9 Å². The fourth-order valence-electron chi connectivity index (χ4n) is 3.99. The van der Waals surface area contributed by atoms with Crippen LogP contribution in [0.5, 0.6) is 0 Å². The second-order valence-corrected chi connectivity index (χ2v) is 8.04. The smallest absolute Gasteiger partial charge is 0.329 e. The minimum Gasteiger partial charge on any atom is -0.479 e. The molecule has 0 heterocycles. The van der Waals surface area contributed by atoms with Crippen LogP contribution >= 0.6 is 0 Å². The predicted octanol–water partition coefficient (Wildman–Crippen LogP) is 5.46. The summed E-state index contributed by atoms with van der Waals surface area (Å²) in [6.07, 6.45) is 7.51. The van der Waals surface area contributed by atoms with Gasteiger partial charge in [0.25, 0.3) is 5.91 Å². The Bertz CT molecular complexity index is 668. The quantitative estimate of drug-likeness (QED) is 0.277. The van der Waals surface area contributed by atoms with Gasteiger partial charge in [-0.3, -0.25) is 9.59 Å². The molecule has 6 heteroatoms. The molecule has 1 rings (SSSR count). The number of amides is 1. The van der Waals surface area contributed by atoms with Gasteiger partial charge in [-0.1, -0.05) is 77.5 Å². The van der Waals surface area contributed by atoms with Crippen LogP contribution in [0.3, 0.4) is 0 Å². The lowest BCUT2D eigenvalue weighted by atomic mass is 9.86. The predicted molar refractivity (Wildman–Crippen MR) is 122 cm³/mol. The number of carboxylic acid groups (broad SMARTS) is 1. The lowest BCUT2D eigenvalue weighted by Crippen LogP contribution is -2.58. The number of unbranched alkanes of at least 4 members (excludes halogenated alkanes) is 4. The zero-order chi connectivity index (χ0) is 23.1. The fourth-order valence-corrected chi connectivity index (χ4v) is 3.99. The highest BCUT2D eigenvalue weighted by Crippen LogP contribution is 2.30. The van der Waals surface area contributed by atoms with Crippen LogP contribution < -0.4 is 0 Å². The number of hydrogen-bond acceptors (Lipinski definition) is 4. The number of esters is 1. The third kappa shape index (κ3) is 8.35. The SMILES string of the molecule is CCCCCCCC(=O)OCCN(C(=O)c1ccccc1)C(CCC)(CCC)C(=O)O. The van der Waals surface area contributed by atoms with Crippen molar-refractivity contribution in [1.29, 1.82) is 0 Å². The van der Waals surface area contributed by atoms with Crippen molar-refractivity contribution in [3.8, 4) is 0 Å². The first-order valence-corrected chi connectivity index (χ1v) is 11.7. The standard InChI is InChI=1S/C25H39NO5/c1-4-7-8-9-13-16-22(27)31-20-19-26(23(28)21-14-11-10-12-15-21)25(17-5-2,18-6-3)24(29)30/h10-12,14-15H,4-9,13,16-20H2,1-3H3,(H,29,30). The van der Waals surface area contributed by atoms with E-state index in [9.17, 15) is 19.5 Å². The van der Waals surface area contributed by atoms with Gasteiger partial charge in [-0.05, 0) is 31.4 Å². The number of carboxylic acids is 1. The molecular weight excluding hydrogens is 394 g/mol. The number of rotatable bonds is 16. The molecule has 1 amide bonds. The summed E-state index contributed by atoms with van der Waals surface area (Å²) in [6, 6.07) is 8.69. The second-order valence-electron chi connectivity index (χ2n) is 8.04. The van der Waals surface area contributed by atoms with E-state index in [1.165, 1.54) is 4.90 Å². The van der Waals surface area contributed by atoms with E-state index in [0.717, 1.165) is 32.1 Å². The number of ether oxygens (including phenoxy) is 1. The van der Waals surface area contributed by atoms with Crippen molar-refractivity contribution in [2.45, 2.75) is 90.5 Å². The van der Waals surface area contributed by atoms with Gasteiger partial charge in [-0.15, -0.1) is 0 Å². The molecule has 0 unspecified atom stereocenters. The molecule has 0 fully saturated rings. The van der Waals surface area contributed by atoms with E-state index < -0.39 is 11.5 Å². The molecule has 0 spiro atoms. The normalized spacial score (nSPS) is 11.2. The summed E-state index contributed by atoms with van der Waals surface area (Å²) in [5, 5.41) is 10.1. The van der Waals surface area contributed by atoms with Crippen LogP contribution in [0.2, 0.25) is 0 Å². The molecule has 0 aromatic heterocycles. The summed E-state index contributed by atoms with van der Waals surface area (Å²) in [5.74, 6) is -1.65. The Morgan fingerprint density at radius 1 is 0.903 bits per heavy atom. The van der Waals surface area contributed by atoms with Gasteiger partial charge < -0.3 is 14.7 Å². The van der Waals surface area contributed by atoms with Crippen molar-refractivity contribution in [1.82, 2.24) is 4.90 Å². The summed E-state index contributed by atoms with van der Waals surface area (Å²) < 4.78 is 5.37. The third-order valence-electron chi connectivity index (χ3n) is 5.57. The first-order chi connectivity index (χ1) is 14.9. The number of aliphatic carboxylic acids is 1. The number of carbonyl (C=O) groups is 3. The average molecular weight is 434 g/mol. The molecule has 0 aliphatic heterocycles. The summed E-state index contributed by atoms with van der Waals surface area (Å²) >= 11 is 0. The fraction of sp³-hybridized carbons (Fsp3) is 0.640. The third-order valence-corrected chi connectivity index (χ3v) is 5.57. The monoisotopic (exact) mass is 433 g/mol. The molecule has 0 saturated carbocycles. The van der Waals surface area contributed by atoms with Gasteiger partial charge in [-0.2, -0.15) is 0 Å². The van der Waals surface area contributed by atoms with Crippen molar-refractivity contribution in [2.24, 2.45) is 0 Å². The molecule has 1 N–H and O–H groups in total. The maximum Gasteiger partial charge on any atom is 0.329 e. The molecule has 0 saturated heterocycles. The summed E-state index contributed by atoms with van der Waals surface area (Å²) in [6.45, 7) is 6.02. The Balaban J connectivity index is 2.92. The molecule has 174 valence electrons. The van der Waals surface area contributed by atoms with Crippen molar-refractivity contribution in [3.63, 3.8) is 0 Å². The van der Waals surface area contributed by atoms with Gasteiger partial charge in [0.1, 0.15) is 12.1 Å². The van der Waals surface area contributed by atoms with Gasteiger partial charge in [0.05, 0.1) is 6.54 Å². The summed E-state index contributed by atoms with van der Waals surface area (Å²) in [5.41, 5.74) is -0.884. The average Bonchev–Trinajstić information content (AvgIpc) is 2.76. The van der Waals surface area contributed by atoms with Crippen molar-refractivity contribution < 1.29 is 24.2 Å². The van der Waals surface area contributed by atoms with E-state index in [2.05, 4.69) is 6.92 Å². The van der Waals surface area contributed by atoms with Crippen molar-refractivity contribution in [3.05, 3.63) is 35.9 Å². The summed E-state index contributed by atoms with van der Waals surface area (Å²) in [4.78, 5) is 39.2. The lowest BCUT2D eigenvalue weighted by molar-refractivity contribution is -0.152. The van der Waals surface area contributed by atoms with E-state index in [-0.39, 0.29) is 25.0 Å². The first kappa shape index (κ1) is 26.7. The van der Waals surface area contributed by atoms with Gasteiger partial charge in [0.15, 0.2) is 0 Å². The molecule has 0 aliphatic rings. The minimum atomic E-state index is -1.32. The molecular formula is C25H39NO5. The van der Waals surface area contributed by atoms with E-state index in [1.54, 1.807) is 24.3 Å². The number of carbonyl (C=O) groups excluding carboxylic acids is 2. The Hall–Kier alpha value is -2.37. The van der Waals surface area contributed by atoms with Crippen LogP contribution in [-0.2, 0) is 14.3 Å². The molecule has 6 nitrogen and oxygen atoms in total. The second kappa shape index (κ2) is 14.6. The van der Waals surface area contributed by atoms with E-state index in [1.807, 2.05) is 19.9 Å². The maximum atomic E-state index is 13.3. The Morgan fingerprint density at radius 2 is 1.52 bits per heavy atom. The highest BCUT2D eigenvalue weighted by Gasteiger charge is 2.45. The first-order valence-electron chi connectivity index (χ1n) is 11.7. The molecule has 1 aromatic carbocycles. The largest absolute Gasteiger partial charge is 0.479 e. The maximum absolute atomic E-state index is 13.3. The van der Waals surface area contributed by atoms with Crippen LogP contribution in [0.1, 0.15) is 95.3 Å². The molecule has 1 aromatic rings. The van der Waals surface area contributed by atoms with Crippen LogP contribution in [0.25, 0.3) is 0 Å². The van der Waals surface area contributed by atoms with Crippen molar-refractivity contribution >= 4 is 17.8 Å². The molecule has 0 bridgehead atoms. The Morgan fingerprint density at radius 3 is 2.06 bits per heavy atom. The highest BCUT2D eigenvalue weighted by atomic mass is 16.5. The minimum absolute atomic E-state index is 0.00513. The van der Waals surface area contributed by atoms with E-state index in [0.29, 0.717) is 37.7 Å². The van der Waals surface area contributed by atoms with E-state index in [4.69, 9.17) is 4.74 Å². The Kier molecular flexibility index (Phi) is 12.6. The van der Waals surface area contributed by atoms with Gasteiger partial charge in [-0.25, -0.2) is 4.79 Å². The highest BCUT2D eigenvalue weighted by molar-refractivity contribution is 5.98. The van der Waals surface area contributed by atoms with Gasteiger partial charge in [0, 0.05) is 12.0 Å². The van der Waals surface area contributed by atoms with Gasteiger partial charge >= 0.3 is 11.9 Å². The van der Waals surface area contributed by atoms with Crippen molar-refractivity contribution in [2.75, 3.05) is 13.2 Å². The molecule has 0 radical (unpaired) electrons. The molecule has 0 atom stereocenters. The van der Waals surface area contributed by atoms with E-state index >= 15 is 0 Å². The van der Waals surface area contributed by atoms with Crippen LogP contribution in [0.4, 0.5) is 0 Å². The van der Waals surface area contributed by atoms with Crippen LogP contribution in [-0.4, -0.2) is 46.5 Å². The summed E-state index contributed by atoms with van der Waals surface area (Å²) in [7, 11) is 0. The van der Waals surface area contributed by atoms with Gasteiger partial charge in [0.2, 0.25) is 0 Å². The lowest BCUT2D eigenvalue weighted by Gasteiger charge is -2.41. The Labute approximate surface area is 187 Å². The molecule has 0 aliphatic carbocycles. The zero-order valence-electron chi connectivity index (χ0n) is 19.4.